The van der Waals surface area contributed by atoms with E-state index in [4.69, 9.17) is 4.74 Å². The zero-order valence-electron chi connectivity index (χ0n) is 11.6. The molecule has 1 saturated carbocycles. The lowest BCUT2D eigenvalue weighted by Crippen LogP contribution is -2.53. The average Bonchev–Trinajstić information content (AvgIpc) is 2.77. The second-order valence-corrected chi connectivity index (χ2v) is 6.10. The maximum Gasteiger partial charge on any atom is 0.0586 e. The first kappa shape index (κ1) is 13.3. The Bertz CT molecular complexity index is 232. The summed E-state index contributed by atoms with van der Waals surface area (Å²) in [5.41, 5.74) is 0. The van der Waals surface area contributed by atoms with Crippen molar-refractivity contribution >= 4 is 0 Å². The lowest BCUT2D eigenvalue weighted by molar-refractivity contribution is 0.0877. The molecule has 0 spiro atoms. The third kappa shape index (κ3) is 3.67. The molecule has 0 amide bonds. The van der Waals surface area contributed by atoms with Gasteiger partial charge in [0, 0.05) is 38.8 Å². The Morgan fingerprint density at radius 2 is 2.18 bits per heavy atom. The van der Waals surface area contributed by atoms with Crippen molar-refractivity contribution in [3.05, 3.63) is 0 Å². The highest BCUT2D eigenvalue weighted by Crippen LogP contribution is 2.27. The second kappa shape index (κ2) is 6.17. The average molecular weight is 240 g/mol. The number of hydrogen-bond acceptors (Lipinski definition) is 3. The number of piperazine rings is 1. The number of hydrogen-bond donors (Lipinski definition) is 1. The van der Waals surface area contributed by atoms with Gasteiger partial charge in [0.2, 0.25) is 0 Å². The molecule has 1 N–H and O–H groups in total. The fraction of sp³-hybridized carbons (Fsp3) is 1.00. The van der Waals surface area contributed by atoms with E-state index in [0.717, 1.165) is 18.5 Å². The standard InChI is InChI=1S/C14H28N2O/c1-11(2)8-12-10-16(7-6-15-12)13-4-5-14(9-13)17-3/h11-15H,4-10H2,1-3H3. The van der Waals surface area contributed by atoms with E-state index in [1.807, 2.05) is 7.11 Å². The van der Waals surface area contributed by atoms with Crippen molar-refractivity contribution in [2.45, 2.75) is 57.7 Å². The molecule has 3 nitrogen and oxygen atoms in total. The number of ether oxygens (including phenoxy) is 1. The Morgan fingerprint density at radius 1 is 1.35 bits per heavy atom. The Morgan fingerprint density at radius 3 is 2.82 bits per heavy atom. The molecular formula is C14H28N2O. The van der Waals surface area contributed by atoms with E-state index < -0.39 is 0 Å². The van der Waals surface area contributed by atoms with Crippen molar-refractivity contribution in [3.63, 3.8) is 0 Å². The quantitative estimate of drug-likeness (QED) is 0.812. The number of nitrogens with one attached hydrogen (secondary N) is 1. The van der Waals surface area contributed by atoms with E-state index in [2.05, 4.69) is 24.1 Å². The lowest BCUT2D eigenvalue weighted by Gasteiger charge is -2.38. The van der Waals surface area contributed by atoms with Crippen LogP contribution in [0.25, 0.3) is 0 Å². The summed E-state index contributed by atoms with van der Waals surface area (Å²) in [6.07, 6.45) is 5.63. The highest BCUT2D eigenvalue weighted by molar-refractivity contribution is 4.88. The third-order valence-electron chi connectivity index (χ3n) is 4.25. The van der Waals surface area contributed by atoms with E-state index in [1.165, 1.54) is 38.8 Å². The van der Waals surface area contributed by atoms with Gasteiger partial charge >= 0.3 is 0 Å². The van der Waals surface area contributed by atoms with Crippen LogP contribution in [0.4, 0.5) is 0 Å². The van der Waals surface area contributed by atoms with Crippen molar-refractivity contribution in [1.82, 2.24) is 10.2 Å². The first-order valence-corrected chi connectivity index (χ1v) is 7.19. The molecule has 1 heterocycles. The van der Waals surface area contributed by atoms with Crippen LogP contribution in [0.1, 0.15) is 39.5 Å². The predicted molar refractivity (Wildman–Crippen MR) is 71.3 cm³/mol. The van der Waals surface area contributed by atoms with Crippen molar-refractivity contribution in [1.29, 1.82) is 0 Å². The van der Waals surface area contributed by atoms with Gasteiger partial charge < -0.3 is 10.1 Å². The van der Waals surface area contributed by atoms with Gasteiger partial charge in [0.05, 0.1) is 6.10 Å². The molecule has 2 aliphatic rings. The highest BCUT2D eigenvalue weighted by atomic mass is 16.5. The van der Waals surface area contributed by atoms with Crippen LogP contribution in [0.5, 0.6) is 0 Å². The van der Waals surface area contributed by atoms with Gasteiger partial charge in [0.25, 0.3) is 0 Å². The molecule has 1 aliphatic carbocycles. The molecule has 2 fully saturated rings. The normalized spacial score (nSPS) is 35.6. The molecule has 3 unspecified atom stereocenters. The highest BCUT2D eigenvalue weighted by Gasteiger charge is 2.31. The van der Waals surface area contributed by atoms with Gasteiger partial charge in [-0.2, -0.15) is 0 Å². The van der Waals surface area contributed by atoms with Crippen LogP contribution >= 0.6 is 0 Å². The van der Waals surface area contributed by atoms with Gasteiger partial charge in [-0.25, -0.2) is 0 Å². The van der Waals surface area contributed by atoms with Gasteiger partial charge in [0.15, 0.2) is 0 Å². The van der Waals surface area contributed by atoms with Crippen LogP contribution in [0.3, 0.4) is 0 Å². The summed E-state index contributed by atoms with van der Waals surface area (Å²) >= 11 is 0. The van der Waals surface area contributed by atoms with Gasteiger partial charge in [-0.05, 0) is 31.6 Å². The van der Waals surface area contributed by atoms with Crippen LogP contribution in [0.2, 0.25) is 0 Å². The van der Waals surface area contributed by atoms with Gasteiger partial charge in [0.1, 0.15) is 0 Å². The molecule has 0 radical (unpaired) electrons. The smallest absolute Gasteiger partial charge is 0.0586 e. The number of nitrogens with zero attached hydrogens (tertiary/aromatic N) is 1. The molecule has 3 heteroatoms. The predicted octanol–water partition coefficient (Wildman–Crippen LogP) is 1.87. The summed E-state index contributed by atoms with van der Waals surface area (Å²) in [5.74, 6) is 0.794. The lowest BCUT2D eigenvalue weighted by atomic mass is 10.0. The van der Waals surface area contributed by atoms with Crippen LogP contribution < -0.4 is 5.32 Å². The minimum Gasteiger partial charge on any atom is -0.381 e. The van der Waals surface area contributed by atoms with Crippen LogP contribution in [0, 0.1) is 5.92 Å². The van der Waals surface area contributed by atoms with E-state index in [9.17, 15) is 0 Å². The van der Waals surface area contributed by atoms with Crippen LogP contribution in [-0.4, -0.2) is 49.8 Å². The summed E-state index contributed by atoms with van der Waals surface area (Å²) in [6, 6.07) is 1.47. The molecular weight excluding hydrogens is 212 g/mol. The van der Waals surface area contributed by atoms with Crippen molar-refractivity contribution in [3.8, 4) is 0 Å². The monoisotopic (exact) mass is 240 g/mol. The Labute approximate surface area is 106 Å². The fourth-order valence-electron chi connectivity index (χ4n) is 3.37. The minimum absolute atomic E-state index is 0.512. The SMILES string of the molecule is COC1CCC(N2CCNC(CC(C)C)C2)C1. The summed E-state index contributed by atoms with van der Waals surface area (Å²) in [5, 5.41) is 3.66. The molecule has 0 aromatic carbocycles. The molecule has 17 heavy (non-hydrogen) atoms. The van der Waals surface area contributed by atoms with Crippen molar-refractivity contribution in [2.24, 2.45) is 5.92 Å². The molecule has 1 aliphatic heterocycles. The van der Waals surface area contributed by atoms with E-state index in [-0.39, 0.29) is 0 Å². The molecule has 1 saturated heterocycles. The van der Waals surface area contributed by atoms with Crippen LogP contribution in [0.15, 0.2) is 0 Å². The van der Waals surface area contributed by atoms with Gasteiger partial charge in [-0.3, -0.25) is 4.90 Å². The van der Waals surface area contributed by atoms with E-state index in [1.54, 1.807) is 0 Å². The van der Waals surface area contributed by atoms with Gasteiger partial charge in [-0.15, -0.1) is 0 Å². The van der Waals surface area contributed by atoms with Crippen molar-refractivity contribution in [2.75, 3.05) is 26.7 Å². The molecule has 2 rings (SSSR count). The molecule has 100 valence electrons. The summed E-state index contributed by atoms with van der Waals surface area (Å²) in [4.78, 5) is 2.70. The van der Waals surface area contributed by atoms with E-state index >= 15 is 0 Å². The molecule has 0 bridgehead atoms. The summed E-state index contributed by atoms with van der Waals surface area (Å²) in [6.45, 7) is 8.24. The van der Waals surface area contributed by atoms with E-state index in [0.29, 0.717) is 12.1 Å². The summed E-state index contributed by atoms with van der Waals surface area (Å²) in [7, 11) is 1.85. The zero-order chi connectivity index (χ0) is 12.3. The molecule has 0 aromatic rings. The number of rotatable bonds is 4. The summed E-state index contributed by atoms with van der Waals surface area (Å²) < 4.78 is 5.48. The number of methoxy groups -OCH3 is 1. The zero-order valence-corrected chi connectivity index (χ0v) is 11.6. The first-order chi connectivity index (χ1) is 8.19. The Hall–Kier alpha value is -0.120. The Kier molecular flexibility index (Phi) is 4.83. The topological polar surface area (TPSA) is 24.5 Å². The maximum absolute atomic E-state index is 5.48. The minimum atomic E-state index is 0.512. The molecule has 3 atom stereocenters. The third-order valence-corrected chi connectivity index (χ3v) is 4.25. The fourth-order valence-corrected chi connectivity index (χ4v) is 3.37. The second-order valence-electron chi connectivity index (χ2n) is 6.10. The molecule has 0 aromatic heterocycles. The van der Waals surface area contributed by atoms with Crippen LogP contribution in [-0.2, 0) is 4.74 Å². The van der Waals surface area contributed by atoms with Gasteiger partial charge in [-0.1, -0.05) is 13.8 Å². The Balaban J connectivity index is 1.81. The largest absolute Gasteiger partial charge is 0.381 e. The maximum atomic E-state index is 5.48. The first-order valence-electron chi connectivity index (χ1n) is 7.19. The van der Waals surface area contributed by atoms with Crippen molar-refractivity contribution < 1.29 is 4.74 Å².